The van der Waals surface area contributed by atoms with E-state index in [9.17, 15) is 13.2 Å². The molecule has 27 heavy (non-hydrogen) atoms. The van der Waals surface area contributed by atoms with Crippen molar-refractivity contribution >= 4 is 41.3 Å². The van der Waals surface area contributed by atoms with Gasteiger partial charge in [0.2, 0.25) is 0 Å². The molecule has 0 saturated carbocycles. The van der Waals surface area contributed by atoms with Gasteiger partial charge in [-0.1, -0.05) is 6.92 Å². The molecule has 0 radical (unpaired) electrons. The molecule has 1 saturated heterocycles. The van der Waals surface area contributed by atoms with Crippen LogP contribution in [-0.4, -0.2) is 48.6 Å². The van der Waals surface area contributed by atoms with Gasteiger partial charge in [-0.05, 0) is 51.7 Å². The number of thiazole rings is 1. The fraction of sp³-hybridized carbons (Fsp3) is 0.765. The zero-order valence-electron chi connectivity index (χ0n) is 15.8. The highest BCUT2D eigenvalue weighted by atomic mass is 127. The molecule has 10 heteroatoms. The van der Waals surface area contributed by atoms with Gasteiger partial charge in [-0.2, -0.15) is 13.2 Å². The molecular formula is C17H29F3IN5S. The minimum Gasteiger partial charge on any atom is -0.357 e. The van der Waals surface area contributed by atoms with Crippen LogP contribution in [0.3, 0.4) is 0 Å². The molecule has 0 bridgehead atoms. The quantitative estimate of drug-likeness (QED) is 0.326. The number of guanidine groups is 1. The van der Waals surface area contributed by atoms with Crippen LogP contribution >= 0.6 is 35.3 Å². The van der Waals surface area contributed by atoms with E-state index in [-0.39, 0.29) is 30.5 Å². The van der Waals surface area contributed by atoms with Gasteiger partial charge >= 0.3 is 6.18 Å². The third kappa shape index (κ3) is 8.51. The van der Waals surface area contributed by atoms with Gasteiger partial charge in [-0.15, -0.1) is 35.3 Å². The maximum absolute atomic E-state index is 12.6. The Bertz CT molecular complexity index is 571. The Morgan fingerprint density at radius 3 is 2.56 bits per heavy atom. The second kappa shape index (κ2) is 12.1. The van der Waals surface area contributed by atoms with Crippen LogP contribution in [0.2, 0.25) is 0 Å². The van der Waals surface area contributed by atoms with Gasteiger partial charge in [-0.25, -0.2) is 9.98 Å². The van der Waals surface area contributed by atoms with Crippen LogP contribution in [0, 0.1) is 5.92 Å². The predicted molar refractivity (Wildman–Crippen MR) is 115 cm³/mol. The highest BCUT2D eigenvalue weighted by molar-refractivity contribution is 14.0. The Labute approximate surface area is 180 Å². The molecule has 5 nitrogen and oxygen atoms in total. The lowest BCUT2D eigenvalue weighted by Crippen LogP contribution is -2.43. The number of halogens is 4. The monoisotopic (exact) mass is 519 g/mol. The van der Waals surface area contributed by atoms with Gasteiger partial charge in [0.1, 0.15) is 5.01 Å². The zero-order valence-corrected chi connectivity index (χ0v) is 19.0. The standard InChI is InChI=1S/C17H28F3N5S.HI/c1-3-7-25-8-5-13(6-9-25)10-22-16(21-4-2)23-11-15-24-14(12-26-15)17(18,19)20;/h12-13H,3-11H2,1-2H3,(H2,21,22,23);1H. The Balaban J connectivity index is 0.00000364. The molecule has 0 amide bonds. The summed E-state index contributed by atoms with van der Waals surface area (Å²) in [5.41, 5.74) is -0.843. The van der Waals surface area contributed by atoms with E-state index in [1.807, 2.05) is 6.92 Å². The molecule has 1 aliphatic heterocycles. The molecule has 1 fully saturated rings. The van der Waals surface area contributed by atoms with E-state index in [2.05, 4.69) is 32.4 Å². The van der Waals surface area contributed by atoms with E-state index in [4.69, 9.17) is 0 Å². The fourth-order valence-corrected chi connectivity index (χ4v) is 3.70. The van der Waals surface area contributed by atoms with Crippen molar-refractivity contribution in [3.63, 3.8) is 0 Å². The van der Waals surface area contributed by atoms with E-state index in [0.29, 0.717) is 23.4 Å². The summed E-state index contributed by atoms with van der Waals surface area (Å²) >= 11 is 0.988. The molecule has 156 valence electrons. The molecular weight excluding hydrogens is 490 g/mol. The lowest BCUT2D eigenvalue weighted by molar-refractivity contribution is -0.140. The van der Waals surface area contributed by atoms with Crippen molar-refractivity contribution in [3.05, 3.63) is 16.1 Å². The third-order valence-corrected chi connectivity index (χ3v) is 5.20. The molecule has 1 aromatic rings. The second-order valence-corrected chi connectivity index (χ2v) is 7.43. The number of nitrogens with one attached hydrogen (secondary N) is 2. The SMILES string of the molecule is CCCN1CCC(CNC(=NCc2nc(C(F)(F)F)cs2)NCC)CC1.I. The van der Waals surface area contributed by atoms with Crippen molar-refractivity contribution in [2.45, 2.75) is 45.8 Å². The van der Waals surface area contributed by atoms with Crippen molar-refractivity contribution in [2.24, 2.45) is 10.9 Å². The first kappa shape index (κ1) is 24.4. The molecule has 1 aliphatic rings. The molecule has 0 atom stereocenters. The van der Waals surface area contributed by atoms with Crippen molar-refractivity contribution in [2.75, 3.05) is 32.7 Å². The van der Waals surface area contributed by atoms with Crippen LogP contribution in [-0.2, 0) is 12.7 Å². The van der Waals surface area contributed by atoms with Crippen LogP contribution in [0.1, 0.15) is 43.8 Å². The summed E-state index contributed by atoms with van der Waals surface area (Å²) in [6, 6.07) is 0. The fourth-order valence-electron chi connectivity index (χ4n) is 2.97. The molecule has 2 N–H and O–H groups in total. The Morgan fingerprint density at radius 2 is 2.00 bits per heavy atom. The minimum atomic E-state index is -4.39. The number of hydrogen-bond acceptors (Lipinski definition) is 4. The highest BCUT2D eigenvalue weighted by Crippen LogP contribution is 2.30. The normalized spacial score (nSPS) is 16.9. The average Bonchev–Trinajstić information content (AvgIpc) is 3.08. The van der Waals surface area contributed by atoms with Crippen LogP contribution < -0.4 is 10.6 Å². The van der Waals surface area contributed by atoms with Crippen LogP contribution in [0.25, 0.3) is 0 Å². The smallest absolute Gasteiger partial charge is 0.357 e. The number of aliphatic imine (C=N–C) groups is 1. The lowest BCUT2D eigenvalue weighted by atomic mass is 9.97. The Kier molecular flexibility index (Phi) is 10.9. The first-order valence-electron chi connectivity index (χ1n) is 9.18. The summed E-state index contributed by atoms with van der Waals surface area (Å²) in [5.74, 6) is 1.23. The molecule has 2 heterocycles. The average molecular weight is 519 g/mol. The summed E-state index contributed by atoms with van der Waals surface area (Å²) in [7, 11) is 0. The number of hydrogen-bond donors (Lipinski definition) is 2. The van der Waals surface area contributed by atoms with Crippen LogP contribution in [0.5, 0.6) is 0 Å². The predicted octanol–water partition coefficient (Wildman–Crippen LogP) is 3.96. The van der Waals surface area contributed by atoms with Gasteiger partial charge in [0.25, 0.3) is 0 Å². The highest BCUT2D eigenvalue weighted by Gasteiger charge is 2.33. The van der Waals surface area contributed by atoms with Crippen molar-refractivity contribution in [3.8, 4) is 0 Å². The number of piperidine rings is 1. The lowest BCUT2D eigenvalue weighted by Gasteiger charge is -2.32. The van der Waals surface area contributed by atoms with Crippen molar-refractivity contribution in [1.82, 2.24) is 20.5 Å². The Hall–Kier alpha value is -0.620. The van der Waals surface area contributed by atoms with E-state index in [1.54, 1.807) is 0 Å². The van der Waals surface area contributed by atoms with E-state index < -0.39 is 11.9 Å². The number of nitrogens with zero attached hydrogens (tertiary/aromatic N) is 3. The third-order valence-electron chi connectivity index (χ3n) is 4.36. The molecule has 0 aliphatic carbocycles. The van der Waals surface area contributed by atoms with E-state index >= 15 is 0 Å². The summed E-state index contributed by atoms with van der Waals surface area (Å²) in [4.78, 5) is 10.5. The summed E-state index contributed by atoms with van der Waals surface area (Å²) in [5, 5.41) is 7.86. The van der Waals surface area contributed by atoms with Gasteiger partial charge in [0.05, 0.1) is 6.54 Å². The van der Waals surface area contributed by atoms with Crippen LogP contribution in [0.15, 0.2) is 10.4 Å². The molecule has 2 rings (SSSR count). The number of aromatic nitrogens is 1. The molecule has 0 spiro atoms. The van der Waals surface area contributed by atoms with Gasteiger partial charge < -0.3 is 15.5 Å². The van der Waals surface area contributed by atoms with E-state index in [1.165, 1.54) is 6.42 Å². The summed E-state index contributed by atoms with van der Waals surface area (Å²) in [6.45, 7) is 9.27. The zero-order chi connectivity index (χ0) is 19.0. The van der Waals surface area contributed by atoms with Gasteiger partial charge in [-0.3, -0.25) is 0 Å². The maximum atomic E-state index is 12.6. The van der Waals surface area contributed by atoms with E-state index in [0.717, 1.165) is 55.7 Å². The van der Waals surface area contributed by atoms with Gasteiger partial charge in [0.15, 0.2) is 11.7 Å². The second-order valence-electron chi connectivity index (χ2n) is 6.49. The largest absolute Gasteiger partial charge is 0.434 e. The maximum Gasteiger partial charge on any atom is 0.434 e. The minimum absolute atomic E-state index is 0. The summed E-state index contributed by atoms with van der Waals surface area (Å²) < 4.78 is 37.8. The first-order valence-corrected chi connectivity index (χ1v) is 10.1. The number of likely N-dealkylation sites (tertiary alicyclic amines) is 1. The Morgan fingerprint density at radius 1 is 1.30 bits per heavy atom. The van der Waals surface area contributed by atoms with Crippen molar-refractivity contribution in [1.29, 1.82) is 0 Å². The molecule has 0 aromatic carbocycles. The van der Waals surface area contributed by atoms with Gasteiger partial charge in [0, 0.05) is 18.5 Å². The first-order chi connectivity index (χ1) is 12.4. The molecule has 1 aromatic heterocycles. The number of rotatable bonds is 7. The topological polar surface area (TPSA) is 52.5 Å². The van der Waals surface area contributed by atoms with Crippen LogP contribution in [0.4, 0.5) is 13.2 Å². The van der Waals surface area contributed by atoms with Crippen molar-refractivity contribution < 1.29 is 13.2 Å². The summed E-state index contributed by atoms with van der Waals surface area (Å²) in [6.07, 6.45) is -0.886. The molecule has 0 unspecified atom stereocenters. The number of alkyl halides is 3.